The minimum atomic E-state index is -0.258. The van der Waals surface area contributed by atoms with E-state index >= 15 is 0 Å². The van der Waals surface area contributed by atoms with Gasteiger partial charge in [-0.3, -0.25) is 4.79 Å². The van der Waals surface area contributed by atoms with Crippen molar-refractivity contribution in [3.05, 3.63) is 18.2 Å². The van der Waals surface area contributed by atoms with Crippen LogP contribution in [0.4, 0.5) is 0 Å². The van der Waals surface area contributed by atoms with Crippen molar-refractivity contribution in [1.82, 2.24) is 15.1 Å². The Kier molecular flexibility index (Phi) is 5.47. The number of hydrogen-bond acceptors (Lipinski definition) is 7. The standard InChI is InChI=1S/C17H21N3O4S/c1-11(16(21)20-6-4-5-7-20)25-17-19-18-15(24-17)12-8-13(22-2)10-14(9-12)23-3/h8-11H,4-7H2,1-3H3/t11-/m1/s1. The third-order valence-electron chi connectivity index (χ3n) is 4.05. The maximum Gasteiger partial charge on any atom is 0.277 e. The quantitative estimate of drug-likeness (QED) is 0.730. The van der Waals surface area contributed by atoms with E-state index < -0.39 is 0 Å². The van der Waals surface area contributed by atoms with E-state index in [0.717, 1.165) is 25.9 Å². The molecular formula is C17H21N3O4S. The summed E-state index contributed by atoms with van der Waals surface area (Å²) in [4.78, 5) is 14.3. The number of amides is 1. The van der Waals surface area contributed by atoms with E-state index in [1.165, 1.54) is 11.8 Å². The molecule has 1 fully saturated rings. The van der Waals surface area contributed by atoms with Crippen molar-refractivity contribution >= 4 is 17.7 Å². The summed E-state index contributed by atoms with van der Waals surface area (Å²) in [6.07, 6.45) is 2.15. The lowest BCUT2D eigenvalue weighted by Gasteiger charge is -2.18. The minimum absolute atomic E-state index is 0.116. The first-order chi connectivity index (χ1) is 12.1. The molecule has 0 bridgehead atoms. The van der Waals surface area contributed by atoms with Crippen molar-refractivity contribution in [3.63, 3.8) is 0 Å². The van der Waals surface area contributed by atoms with Gasteiger partial charge >= 0.3 is 0 Å². The van der Waals surface area contributed by atoms with Crippen LogP contribution >= 0.6 is 11.8 Å². The Morgan fingerprint density at radius 1 is 1.16 bits per heavy atom. The second-order valence-electron chi connectivity index (χ2n) is 5.77. The van der Waals surface area contributed by atoms with Crippen molar-refractivity contribution in [3.8, 4) is 23.0 Å². The highest BCUT2D eigenvalue weighted by molar-refractivity contribution is 8.00. The van der Waals surface area contributed by atoms with Crippen LogP contribution in [0.25, 0.3) is 11.5 Å². The number of carbonyl (C=O) groups excluding carboxylic acids is 1. The molecule has 1 aliphatic heterocycles. The lowest BCUT2D eigenvalue weighted by molar-refractivity contribution is -0.129. The normalized spacial score (nSPS) is 15.2. The van der Waals surface area contributed by atoms with E-state index in [9.17, 15) is 4.79 Å². The van der Waals surface area contributed by atoms with Gasteiger partial charge in [-0.2, -0.15) is 0 Å². The molecule has 1 saturated heterocycles. The number of ether oxygens (including phenoxy) is 2. The molecule has 2 heterocycles. The number of aromatic nitrogens is 2. The molecule has 25 heavy (non-hydrogen) atoms. The van der Waals surface area contributed by atoms with Crippen molar-refractivity contribution in [1.29, 1.82) is 0 Å². The first-order valence-corrected chi connectivity index (χ1v) is 9.01. The monoisotopic (exact) mass is 363 g/mol. The topological polar surface area (TPSA) is 77.7 Å². The Morgan fingerprint density at radius 3 is 2.40 bits per heavy atom. The molecule has 8 heteroatoms. The molecule has 1 atom stereocenters. The van der Waals surface area contributed by atoms with Gasteiger partial charge in [-0.25, -0.2) is 0 Å². The van der Waals surface area contributed by atoms with Gasteiger partial charge in [0.05, 0.1) is 19.5 Å². The number of benzene rings is 1. The van der Waals surface area contributed by atoms with Gasteiger partial charge in [0, 0.05) is 24.7 Å². The van der Waals surface area contributed by atoms with Gasteiger partial charge in [0.15, 0.2) is 0 Å². The maximum absolute atomic E-state index is 12.4. The summed E-state index contributed by atoms with van der Waals surface area (Å²) in [5.41, 5.74) is 0.703. The second-order valence-corrected chi connectivity index (χ2v) is 7.06. The van der Waals surface area contributed by atoms with E-state index in [1.54, 1.807) is 32.4 Å². The molecule has 0 aliphatic carbocycles. The molecule has 1 amide bonds. The van der Waals surface area contributed by atoms with Crippen LogP contribution in [0.1, 0.15) is 19.8 Å². The molecule has 1 aliphatic rings. The van der Waals surface area contributed by atoms with Crippen LogP contribution in [0.5, 0.6) is 11.5 Å². The van der Waals surface area contributed by atoms with Crippen molar-refractivity contribution in [2.75, 3.05) is 27.3 Å². The number of hydrogen-bond donors (Lipinski definition) is 0. The van der Waals surface area contributed by atoms with Crippen molar-refractivity contribution in [2.24, 2.45) is 0 Å². The van der Waals surface area contributed by atoms with E-state index in [2.05, 4.69) is 10.2 Å². The van der Waals surface area contributed by atoms with E-state index in [0.29, 0.717) is 28.2 Å². The van der Waals surface area contributed by atoms with Gasteiger partial charge in [0.1, 0.15) is 11.5 Å². The smallest absolute Gasteiger partial charge is 0.277 e. The van der Waals surface area contributed by atoms with Gasteiger partial charge in [-0.05, 0) is 31.9 Å². The molecule has 3 rings (SSSR count). The van der Waals surface area contributed by atoms with E-state index in [-0.39, 0.29) is 11.2 Å². The Morgan fingerprint density at radius 2 is 1.80 bits per heavy atom. The molecule has 0 N–H and O–H groups in total. The van der Waals surface area contributed by atoms with Gasteiger partial charge in [-0.15, -0.1) is 10.2 Å². The summed E-state index contributed by atoms with van der Waals surface area (Å²) in [6.45, 7) is 3.54. The van der Waals surface area contributed by atoms with Crippen LogP contribution in [0.15, 0.2) is 27.8 Å². The lowest BCUT2D eigenvalue weighted by atomic mass is 10.2. The zero-order chi connectivity index (χ0) is 17.8. The number of nitrogens with zero attached hydrogens (tertiary/aromatic N) is 3. The van der Waals surface area contributed by atoms with Gasteiger partial charge < -0.3 is 18.8 Å². The summed E-state index contributed by atoms with van der Waals surface area (Å²) < 4.78 is 16.2. The fraction of sp³-hybridized carbons (Fsp3) is 0.471. The van der Waals surface area contributed by atoms with Gasteiger partial charge in [0.2, 0.25) is 11.8 Å². The number of rotatable bonds is 6. The molecule has 1 aromatic heterocycles. The Hall–Kier alpha value is -2.22. The summed E-state index contributed by atoms with van der Waals surface area (Å²) in [5.74, 6) is 1.75. The Bertz CT molecular complexity index is 721. The highest BCUT2D eigenvalue weighted by Crippen LogP contribution is 2.31. The fourth-order valence-corrected chi connectivity index (χ4v) is 3.47. The van der Waals surface area contributed by atoms with Crippen LogP contribution in [-0.2, 0) is 4.79 Å². The van der Waals surface area contributed by atoms with Crippen molar-refractivity contribution < 1.29 is 18.7 Å². The molecule has 0 unspecified atom stereocenters. The number of thioether (sulfide) groups is 1. The fourth-order valence-electron chi connectivity index (χ4n) is 2.70. The molecule has 134 valence electrons. The van der Waals surface area contributed by atoms with E-state index in [4.69, 9.17) is 13.9 Å². The molecule has 0 spiro atoms. The first kappa shape index (κ1) is 17.6. The molecular weight excluding hydrogens is 342 g/mol. The zero-order valence-electron chi connectivity index (χ0n) is 14.5. The van der Waals surface area contributed by atoms with Crippen LogP contribution in [0.2, 0.25) is 0 Å². The zero-order valence-corrected chi connectivity index (χ0v) is 15.3. The SMILES string of the molecule is COc1cc(OC)cc(-c2nnc(S[C@H](C)C(=O)N3CCCC3)o2)c1. The number of likely N-dealkylation sites (tertiary alicyclic amines) is 1. The molecule has 1 aromatic carbocycles. The van der Waals surface area contributed by atoms with E-state index in [1.807, 2.05) is 11.8 Å². The van der Waals surface area contributed by atoms with Gasteiger partial charge in [0.25, 0.3) is 5.22 Å². The van der Waals surface area contributed by atoms with Crippen LogP contribution in [0.3, 0.4) is 0 Å². The third kappa shape index (κ3) is 4.07. The number of methoxy groups -OCH3 is 2. The first-order valence-electron chi connectivity index (χ1n) is 8.13. The van der Waals surface area contributed by atoms with Gasteiger partial charge in [-0.1, -0.05) is 11.8 Å². The van der Waals surface area contributed by atoms with Crippen molar-refractivity contribution in [2.45, 2.75) is 30.2 Å². The minimum Gasteiger partial charge on any atom is -0.497 e. The van der Waals surface area contributed by atoms with Crippen LogP contribution in [-0.4, -0.2) is 53.6 Å². The summed E-state index contributed by atoms with van der Waals surface area (Å²) in [6, 6.07) is 5.36. The highest BCUT2D eigenvalue weighted by Gasteiger charge is 2.25. The number of carbonyl (C=O) groups is 1. The average Bonchev–Trinajstić information content (AvgIpc) is 3.32. The third-order valence-corrected chi connectivity index (χ3v) is 4.97. The lowest BCUT2D eigenvalue weighted by Crippen LogP contribution is -2.34. The summed E-state index contributed by atoms with van der Waals surface area (Å²) >= 11 is 1.28. The molecule has 7 nitrogen and oxygen atoms in total. The maximum atomic E-state index is 12.4. The average molecular weight is 363 g/mol. The summed E-state index contributed by atoms with van der Waals surface area (Å²) in [7, 11) is 3.17. The second kappa shape index (κ2) is 7.77. The summed E-state index contributed by atoms with van der Waals surface area (Å²) in [5, 5.41) is 8.23. The highest BCUT2D eigenvalue weighted by atomic mass is 32.2. The Balaban J connectivity index is 1.73. The molecule has 2 aromatic rings. The van der Waals surface area contributed by atoms with Crippen LogP contribution in [0, 0.1) is 0 Å². The molecule has 0 radical (unpaired) electrons. The van der Waals surface area contributed by atoms with Crippen LogP contribution < -0.4 is 9.47 Å². The molecule has 0 saturated carbocycles. The predicted molar refractivity (Wildman–Crippen MR) is 94.0 cm³/mol. The largest absolute Gasteiger partial charge is 0.497 e. The predicted octanol–water partition coefficient (Wildman–Crippen LogP) is 2.86. The Labute approximate surface area is 150 Å².